The van der Waals surface area contributed by atoms with E-state index < -0.39 is 0 Å². The van der Waals surface area contributed by atoms with Gasteiger partial charge in [-0.1, -0.05) is 0 Å². The van der Waals surface area contributed by atoms with Crippen molar-refractivity contribution in [3.8, 4) is 0 Å². The Hall–Kier alpha value is -1.08. The zero-order valence-electron chi connectivity index (χ0n) is 13.7. The van der Waals surface area contributed by atoms with Crippen LogP contribution in [0.3, 0.4) is 0 Å². The number of rotatable bonds is 3. The standard InChI is InChI=1S/C16H26N4O2/c1-11-12(2)18-14(13(3)17-11)8-19-9-15(16(21)10-19)20-4-6-22-7-5-20/h15-16,21H,4-10H2,1-3H3/t15-,16-/m0/s1. The van der Waals surface area contributed by atoms with Crippen LogP contribution in [0.4, 0.5) is 0 Å². The molecule has 6 nitrogen and oxygen atoms in total. The van der Waals surface area contributed by atoms with Crippen LogP contribution in [0.25, 0.3) is 0 Å². The smallest absolute Gasteiger partial charge is 0.0834 e. The van der Waals surface area contributed by atoms with Crippen molar-refractivity contribution in [1.82, 2.24) is 19.8 Å². The molecule has 0 spiro atoms. The molecule has 2 aliphatic rings. The van der Waals surface area contributed by atoms with Gasteiger partial charge < -0.3 is 9.84 Å². The lowest BCUT2D eigenvalue weighted by Crippen LogP contribution is -2.48. The van der Waals surface area contributed by atoms with Gasteiger partial charge in [0.2, 0.25) is 0 Å². The zero-order valence-corrected chi connectivity index (χ0v) is 13.7. The van der Waals surface area contributed by atoms with Crippen LogP contribution in [-0.2, 0) is 11.3 Å². The lowest BCUT2D eigenvalue weighted by Gasteiger charge is -2.33. The van der Waals surface area contributed by atoms with E-state index in [4.69, 9.17) is 4.74 Å². The number of β-amino-alcohol motifs (C(OH)–C–C–N with tert-alkyl or cyclic N) is 1. The van der Waals surface area contributed by atoms with Crippen LogP contribution >= 0.6 is 0 Å². The predicted octanol–water partition coefficient (Wildman–Crippen LogP) is 0.279. The molecule has 0 aliphatic carbocycles. The maximum atomic E-state index is 10.4. The monoisotopic (exact) mass is 306 g/mol. The second kappa shape index (κ2) is 6.58. The number of aryl methyl sites for hydroxylation is 3. The van der Waals surface area contributed by atoms with Gasteiger partial charge in [-0.15, -0.1) is 0 Å². The van der Waals surface area contributed by atoms with Gasteiger partial charge in [0.05, 0.1) is 42.1 Å². The van der Waals surface area contributed by atoms with Crippen molar-refractivity contribution in [1.29, 1.82) is 0 Å². The zero-order chi connectivity index (χ0) is 15.7. The summed E-state index contributed by atoms with van der Waals surface area (Å²) in [5, 5.41) is 10.4. The van der Waals surface area contributed by atoms with Gasteiger partial charge in [-0.3, -0.25) is 19.8 Å². The average molecular weight is 306 g/mol. The van der Waals surface area contributed by atoms with Gasteiger partial charge >= 0.3 is 0 Å². The van der Waals surface area contributed by atoms with Crippen molar-refractivity contribution < 1.29 is 9.84 Å². The highest BCUT2D eigenvalue weighted by Crippen LogP contribution is 2.20. The van der Waals surface area contributed by atoms with Gasteiger partial charge in [-0.05, 0) is 20.8 Å². The highest BCUT2D eigenvalue weighted by atomic mass is 16.5. The van der Waals surface area contributed by atoms with E-state index in [1.54, 1.807) is 0 Å². The van der Waals surface area contributed by atoms with Crippen LogP contribution in [0.1, 0.15) is 22.8 Å². The quantitative estimate of drug-likeness (QED) is 0.865. The van der Waals surface area contributed by atoms with E-state index in [9.17, 15) is 5.11 Å². The Bertz CT molecular complexity index is 531. The topological polar surface area (TPSA) is 61.7 Å². The first-order valence-corrected chi connectivity index (χ1v) is 8.07. The SMILES string of the molecule is Cc1nc(C)c(CN2C[C@H](O)[C@@H](N3CCOCC3)C2)nc1C. The van der Waals surface area contributed by atoms with Gasteiger partial charge in [0.25, 0.3) is 0 Å². The molecule has 122 valence electrons. The highest BCUT2D eigenvalue weighted by molar-refractivity contribution is 5.18. The van der Waals surface area contributed by atoms with Crippen LogP contribution in [0.2, 0.25) is 0 Å². The molecule has 0 bridgehead atoms. The molecular weight excluding hydrogens is 280 g/mol. The van der Waals surface area contributed by atoms with Crippen LogP contribution < -0.4 is 0 Å². The average Bonchev–Trinajstić information content (AvgIpc) is 2.86. The third-order valence-corrected chi connectivity index (χ3v) is 4.80. The number of nitrogens with zero attached hydrogens (tertiary/aromatic N) is 4. The fourth-order valence-electron chi connectivity index (χ4n) is 3.37. The summed E-state index contributed by atoms with van der Waals surface area (Å²) in [6.07, 6.45) is -0.294. The number of aliphatic hydroxyl groups excluding tert-OH is 1. The van der Waals surface area contributed by atoms with Crippen molar-refractivity contribution >= 4 is 0 Å². The second-order valence-corrected chi connectivity index (χ2v) is 6.40. The third-order valence-electron chi connectivity index (χ3n) is 4.80. The number of morpholine rings is 1. The third kappa shape index (κ3) is 3.30. The summed E-state index contributed by atoms with van der Waals surface area (Å²) in [5.41, 5.74) is 4.00. The largest absolute Gasteiger partial charge is 0.390 e. The summed E-state index contributed by atoms with van der Waals surface area (Å²) in [7, 11) is 0. The molecule has 0 aromatic carbocycles. The summed E-state index contributed by atoms with van der Waals surface area (Å²) in [5.74, 6) is 0. The summed E-state index contributed by atoms with van der Waals surface area (Å²) in [6.45, 7) is 11.7. The first kappa shape index (κ1) is 15.8. The molecule has 0 radical (unpaired) electrons. The number of aromatic nitrogens is 2. The molecule has 2 aliphatic heterocycles. The molecular formula is C16H26N4O2. The molecule has 0 saturated carbocycles. The van der Waals surface area contributed by atoms with Crippen LogP contribution in [0, 0.1) is 20.8 Å². The van der Waals surface area contributed by atoms with E-state index in [1.165, 1.54) is 0 Å². The molecule has 2 saturated heterocycles. The minimum atomic E-state index is -0.294. The Morgan fingerprint density at radius 1 is 1.05 bits per heavy atom. The van der Waals surface area contributed by atoms with Crippen molar-refractivity contribution in [2.24, 2.45) is 0 Å². The van der Waals surface area contributed by atoms with E-state index >= 15 is 0 Å². The molecule has 22 heavy (non-hydrogen) atoms. The van der Waals surface area contributed by atoms with Crippen molar-refractivity contribution in [2.45, 2.75) is 39.5 Å². The number of hydrogen-bond donors (Lipinski definition) is 1. The Balaban J connectivity index is 1.66. The molecule has 1 aromatic heterocycles. The molecule has 1 N–H and O–H groups in total. The van der Waals surface area contributed by atoms with Crippen molar-refractivity contribution in [2.75, 3.05) is 39.4 Å². The minimum absolute atomic E-state index is 0.212. The molecule has 2 fully saturated rings. The van der Waals surface area contributed by atoms with Gasteiger partial charge in [-0.25, -0.2) is 0 Å². The molecule has 0 unspecified atom stereocenters. The second-order valence-electron chi connectivity index (χ2n) is 6.40. The summed E-state index contributed by atoms with van der Waals surface area (Å²) >= 11 is 0. The lowest BCUT2D eigenvalue weighted by atomic mass is 10.1. The van der Waals surface area contributed by atoms with E-state index in [1.807, 2.05) is 20.8 Å². The molecule has 2 atom stereocenters. The first-order chi connectivity index (χ1) is 10.5. The Kier molecular flexibility index (Phi) is 4.73. The number of hydrogen-bond acceptors (Lipinski definition) is 6. The van der Waals surface area contributed by atoms with E-state index in [0.717, 1.165) is 62.2 Å². The van der Waals surface area contributed by atoms with Crippen LogP contribution in [0.5, 0.6) is 0 Å². The molecule has 3 heterocycles. The normalized spacial score (nSPS) is 27.5. The number of likely N-dealkylation sites (tertiary alicyclic amines) is 1. The van der Waals surface area contributed by atoms with E-state index in [2.05, 4.69) is 19.8 Å². The molecule has 6 heteroatoms. The lowest BCUT2D eigenvalue weighted by molar-refractivity contribution is -0.00618. The molecule has 3 rings (SSSR count). The number of aliphatic hydroxyl groups is 1. The Morgan fingerprint density at radius 3 is 2.45 bits per heavy atom. The van der Waals surface area contributed by atoms with Crippen LogP contribution in [0.15, 0.2) is 0 Å². The van der Waals surface area contributed by atoms with Gasteiger partial charge in [-0.2, -0.15) is 0 Å². The summed E-state index contributed by atoms with van der Waals surface area (Å²) in [6, 6.07) is 0.212. The maximum Gasteiger partial charge on any atom is 0.0834 e. The van der Waals surface area contributed by atoms with E-state index in [-0.39, 0.29) is 12.1 Å². The highest BCUT2D eigenvalue weighted by Gasteiger charge is 2.36. The molecule has 1 aromatic rings. The van der Waals surface area contributed by atoms with Crippen LogP contribution in [-0.4, -0.2) is 76.4 Å². The first-order valence-electron chi connectivity index (χ1n) is 8.07. The summed E-state index contributed by atoms with van der Waals surface area (Å²) < 4.78 is 5.40. The maximum absolute atomic E-state index is 10.4. The Labute approximate surface area is 132 Å². The Morgan fingerprint density at radius 2 is 1.73 bits per heavy atom. The van der Waals surface area contributed by atoms with Gasteiger partial charge in [0.15, 0.2) is 0 Å². The van der Waals surface area contributed by atoms with Crippen molar-refractivity contribution in [3.63, 3.8) is 0 Å². The van der Waals surface area contributed by atoms with Gasteiger partial charge in [0.1, 0.15) is 0 Å². The minimum Gasteiger partial charge on any atom is -0.390 e. The van der Waals surface area contributed by atoms with Crippen molar-refractivity contribution in [3.05, 3.63) is 22.8 Å². The fourth-order valence-corrected chi connectivity index (χ4v) is 3.37. The summed E-state index contributed by atoms with van der Waals surface area (Å²) in [4.78, 5) is 13.9. The fraction of sp³-hybridized carbons (Fsp3) is 0.750. The predicted molar refractivity (Wildman–Crippen MR) is 83.7 cm³/mol. The van der Waals surface area contributed by atoms with E-state index in [0.29, 0.717) is 6.54 Å². The molecule has 0 amide bonds. The number of ether oxygens (including phenoxy) is 1. The van der Waals surface area contributed by atoms with Gasteiger partial charge in [0, 0.05) is 38.8 Å².